The number of hydrogen-bond acceptors (Lipinski definition) is 4. The molecule has 0 aliphatic carbocycles. The maximum absolute atomic E-state index is 11.9. The van der Waals surface area contributed by atoms with Gasteiger partial charge in [-0.15, -0.1) is 11.3 Å². The summed E-state index contributed by atoms with van der Waals surface area (Å²) in [7, 11) is 1.60. The number of hydrogen-bond donors (Lipinski definition) is 0. The van der Waals surface area contributed by atoms with E-state index in [0.29, 0.717) is 18.3 Å². The summed E-state index contributed by atoms with van der Waals surface area (Å²) in [6.07, 6.45) is 5.20. The Morgan fingerprint density at radius 2 is 2.53 bits per heavy atom. The van der Waals surface area contributed by atoms with Crippen LogP contribution in [0.1, 0.15) is 41.8 Å². The summed E-state index contributed by atoms with van der Waals surface area (Å²) >= 11 is 1.46. The highest BCUT2D eigenvalue weighted by molar-refractivity contribution is 7.12. The molecule has 1 aromatic rings. The van der Waals surface area contributed by atoms with Gasteiger partial charge in [0.05, 0.1) is 13.2 Å². The summed E-state index contributed by atoms with van der Waals surface area (Å²) in [6.45, 7) is 0.886. The molecule has 0 saturated carbocycles. The highest BCUT2D eigenvalue weighted by Crippen LogP contribution is 2.27. The number of ether oxygens (including phenoxy) is 2. The molecular formula is C13H18O3S. The van der Waals surface area contributed by atoms with Gasteiger partial charge in [-0.1, -0.05) is 0 Å². The first-order valence-corrected chi connectivity index (χ1v) is 6.95. The molecule has 0 bridgehead atoms. The van der Waals surface area contributed by atoms with Crippen molar-refractivity contribution in [2.24, 2.45) is 0 Å². The van der Waals surface area contributed by atoms with E-state index < -0.39 is 0 Å². The Morgan fingerprint density at radius 1 is 1.65 bits per heavy atom. The molecular weight excluding hydrogens is 236 g/mol. The van der Waals surface area contributed by atoms with E-state index in [-0.39, 0.29) is 5.78 Å². The summed E-state index contributed by atoms with van der Waals surface area (Å²) in [4.78, 5) is 12.7. The van der Waals surface area contributed by atoms with E-state index in [1.54, 1.807) is 7.11 Å². The van der Waals surface area contributed by atoms with E-state index in [0.717, 1.165) is 37.2 Å². The van der Waals surface area contributed by atoms with Gasteiger partial charge in [0, 0.05) is 13.0 Å². The van der Waals surface area contributed by atoms with Crippen molar-refractivity contribution in [1.29, 1.82) is 0 Å². The van der Waals surface area contributed by atoms with Crippen molar-refractivity contribution in [3.05, 3.63) is 16.3 Å². The molecule has 1 fully saturated rings. The zero-order valence-corrected chi connectivity index (χ0v) is 10.9. The molecule has 1 saturated heterocycles. The number of methoxy groups -OCH3 is 1. The third-order valence-corrected chi connectivity index (χ3v) is 3.99. The van der Waals surface area contributed by atoms with Crippen LogP contribution in [0, 0.1) is 0 Å². The van der Waals surface area contributed by atoms with Crippen LogP contribution in [0.2, 0.25) is 0 Å². The van der Waals surface area contributed by atoms with Gasteiger partial charge in [0.1, 0.15) is 10.6 Å². The smallest absolute Gasteiger partial charge is 0.176 e. The second-order valence-corrected chi connectivity index (χ2v) is 5.18. The second kappa shape index (κ2) is 6.17. The Kier molecular flexibility index (Phi) is 4.57. The van der Waals surface area contributed by atoms with Gasteiger partial charge in [-0.25, -0.2) is 0 Å². The maximum atomic E-state index is 11.9. The van der Waals surface area contributed by atoms with Crippen molar-refractivity contribution in [2.45, 2.75) is 38.2 Å². The Bertz CT molecular complexity index is 366. The van der Waals surface area contributed by atoms with Crippen LogP contribution in [0.3, 0.4) is 0 Å². The summed E-state index contributed by atoms with van der Waals surface area (Å²) in [5.74, 6) is 0.895. The van der Waals surface area contributed by atoms with E-state index in [2.05, 4.69) is 0 Å². The number of thiophene rings is 1. The van der Waals surface area contributed by atoms with Gasteiger partial charge < -0.3 is 9.47 Å². The van der Waals surface area contributed by atoms with E-state index >= 15 is 0 Å². The fraction of sp³-hybridized carbons (Fsp3) is 0.615. The fourth-order valence-corrected chi connectivity index (χ4v) is 2.97. The molecule has 4 heteroatoms. The number of Topliss-reactive ketones (excluding diaryl/α,β-unsaturated/α-hetero) is 1. The number of rotatable bonds is 6. The average molecular weight is 254 g/mol. The van der Waals surface area contributed by atoms with Crippen LogP contribution in [0.25, 0.3) is 0 Å². The average Bonchev–Trinajstić information content (AvgIpc) is 2.99. The van der Waals surface area contributed by atoms with Crippen LogP contribution in [0.5, 0.6) is 5.75 Å². The first-order chi connectivity index (χ1) is 8.31. The Morgan fingerprint density at radius 3 is 3.24 bits per heavy atom. The minimum absolute atomic E-state index is 0.190. The van der Waals surface area contributed by atoms with E-state index in [1.807, 2.05) is 11.4 Å². The molecule has 1 aliphatic rings. The molecule has 1 atom stereocenters. The Hall–Kier alpha value is -0.870. The monoisotopic (exact) mass is 254 g/mol. The summed E-state index contributed by atoms with van der Waals surface area (Å²) in [6, 6.07) is 1.85. The van der Waals surface area contributed by atoms with Crippen molar-refractivity contribution in [3.63, 3.8) is 0 Å². The third-order valence-electron chi connectivity index (χ3n) is 3.06. The SMILES string of the molecule is COc1ccsc1C(=O)CCCC1CCCO1. The van der Waals surface area contributed by atoms with Crippen molar-refractivity contribution in [3.8, 4) is 5.75 Å². The molecule has 17 heavy (non-hydrogen) atoms. The van der Waals surface area contributed by atoms with Crippen LogP contribution < -0.4 is 4.74 Å². The minimum atomic E-state index is 0.190. The lowest BCUT2D eigenvalue weighted by Crippen LogP contribution is -2.06. The lowest BCUT2D eigenvalue weighted by Gasteiger charge is -2.08. The normalized spacial score (nSPS) is 19.5. The van der Waals surface area contributed by atoms with Gasteiger partial charge in [0.2, 0.25) is 0 Å². The molecule has 1 aliphatic heterocycles. The summed E-state index contributed by atoms with van der Waals surface area (Å²) < 4.78 is 10.7. The van der Waals surface area contributed by atoms with Crippen molar-refractivity contribution < 1.29 is 14.3 Å². The maximum Gasteiger partial charge on any atom is 0.176 e. The first kappa shape index (κ1) is 12.6. The summed E-state index contributed by atoms with van der Waals surface area (Å²) in [5, 5.41) is 1.89. The standard InChI is InChI=1S/C13H18O3S/c1-15-12-7-9-17-13(12)11(14)6-2-4-10-5-3-8-16-10/h7,9-10H,2-6,8H2,1H3. The zero-order valence-electron chi connectivity index (χ0n) is 10.1. The van der Waals surface area contributed by atoms with Gasteiger partial charge in [0.25, 0.3) is 0 Å². The zero-order chi connectivity index (χ0) is 12.1. The highest BCUT2D eigenvalue weighted by atomic mass is 32.1. The lowest BCUT2D eigenvalue weighted by molar-refractivity contribution is 0.0924. The molecule has 0 radical (unpaired) electrons. The van der Waals surface area contributed by atoms with Gasteiger partial charge in [0.15, 0.2) is 5.78 Å². The lowest BCUT2D eigenvalue weighted by atomic mass is 10.1. The van der Waals surface area contributed by atoms with E-state index in [4.69, 9.17) is 9.47 Å². The molecule has 0 spiro atoms. The largest absolute Gasteiger partial charge is 0.495 e. The molecule has 3 nitrogen and oxygen atoms in total. The van der Waals surface area contributed by atoms with Crippen LogP contribution in [0.15, 0.2) is 11.4 Å². The minimum Gasteiger partial charge on any atom is -0.495 e. The van der Waals surface area contributed by atoms with Gasteiger partial charge in [-0.05, 0) is 37.1 Å². The van der Waals surface area contributed by atoms with Crippen molar-refractivity contribution >= 4 is 17.1 Å². The molecule has 0 aromatic carbocycles. The number of carbonyl (C=O) groups is 1. The van der Waals surface area contributed by atoms with Gasteiger partial charge in [-0.3, -0.25) is 4.79 Å². The number of ketones is 1. The Balaban J connectivity index is 1.77. The number of carbonyl (C=O) groups excluding carboxylic acids is 1. The molecule has 2 heterocycles. The summed E-state index contributed by atoms with van der Waals surface area (Å²) in [5.41, 5.74) is 0. The molecule has 94 valence electrons. The molecule has 1 aromatic heterocycles. The first-order valence-electron chi connectivity index (χ1n) is 6.07. The van der Waals surface area contributed by atoms with Crippen LogP contribution in [-0.4, -0.2) is 25.6 Å². The van der Waals surface area contributed by atoms with Crippen molar-refractivity contribution in [1.82, 2.24) is 0 Å². The molecule has 0 amide bonds. The molecule has 2 rings (SSSR count). The third kappa shape index (κ3) is 3.30. The van der Waals surface area contributed by atoms with Crippen molar-refractivity contribution in [2.75, 3.05) is 13.7 Å². The van der Waals surface area contributed by atoms with Gasteiger partial charge in [-0.2, -0.15) is 0 Å². The van der Waals surface area contributed by atoms with Crippen LogP contribution in [0.4, 0.5) is 0 Å². The quantitative estimate of drug-likeness (QED) is 0.731. The highest BCUT2D eigenvalue weighted by Gasteiger charge is 2.17. The second-order valence-electron chi connectivity index (χ2n) is 4.27. The Labute approximate surface area is 106 Å². The van der Waals surface area contributed by atoms with Crippen LogP contribution >= 0.6 is 11.3 Å². The predicted octanol–water partition coefficient (Wildman–Crippen LogP) is 3.29. The van der Waals surface area contributed by atoms with E-state index in [9.17, 15) is 4.79 Å². The van der Waals surface area contributed by atoms with E-state index in [1.165, 1.54) is 11.3 Å². The molecule has 1 unspecified atom stereocenters. The molecule has 0 N–H and O–H groups in total. The fourth-order valence-electron chi connectivity index (χ4n) is 2.14. The van der Waals surface area contributed by atoms with Gasteiger partial charge >= 0.3 is 0 Å². The predicted molar refractivity (Wildman–Crippen MR) is 68.0 cm³/mol. The van der Waals surface area contributed by atoms with Crippen LogP contribution in [-0.2, 0) is 4.74 Å². The topological polar surface area (TPSA) is 35.5 Å².